The lowest BCUT2D eigenvalue weighted by atomic mass is 10.1. The van der Waals surface area contributed by atoms with E-state index in [2.05, 4.69) is 10.3 Å². The SMILES string of the molecule is CCOc1cccc(/C=C2\SC(=Nc3ccccc3C)NC2=O)c1OC. The van der Waals surface area contributed by atoms with Gasteiger partial charge in [-0.25, -0.2) is 4.99 Å². The van der Waals surface area contributed by atoms with Gasteiger partial charge in [-0.15, -0.1) is 0 Å². The van der Waals surface area contributed by atoms with Crippen molar-refractivity contribution in [2.75, 3.05) is 13.7 Å². The largest absolute Gasteiger partial charge is 0.492 e. The Bertz CT molecular complexity index is 890. The zero-order valence-corrected chi connectivity index (χ0v) is 15.7. The number of amidine groups is 1. The Morgan fingerprint density at radius 1 is 1.19 bits per heavy atom. The number of carbonyl (C=O) groups excluding carboxylic acids is 1. The fourth-order valence-corrected chi connectivity index (χ4v) is 3.38. The summed E-state index contributed by atoms with van der Waals surface area (Å²) < 4.78 is 11.1. The van der Waals surface area contributed by atoms with Crippen LogP contribution in [0.2, 0.25) is 0 Å². The maximum absolute atomic E-state index is 12.3. The van der Waals surface area contributed by atoms with Gasteiger partial charge in [0.25, 0.3) is 5.91 Å². The number of nitrogens with one attached hydrogen (secondary N) is 1. The highest BCUT2D eigenvalue weighted by molar-refractivity contribution is 8.18. The molecule has 26 heavy (non-hydrogen) atoms. The van der Waals surface area contributed by atoms with Gasteiger partial charge in [0.05, 0.1) is 24.3 Å². The van der Waals surface area contributed by atoms with E-state index in [-0.39, 0.29) is 5.91 Å². The van der Waals surface area contributed by atoms with Crippen LogP contribution in [-0.4, -0.2) is 24.8 Å². The van der Waals surface area contributed by atoms with Gasteiger partial charge in [0.15, 0.2) is 16.7 Å². The molecule has 0 aromatic heterocycles. The summed E-state index contributed by atoms with van der Waals surface area (Å²) in [5.74, 6) is 1.09. The second kappa shape index (κ2) is 8.10. The molecule has 5 nitrogen and oxygen atoms in total. The van der Waals surface area contributed by atoms with Crippen LogP contribution < -0.4 is 14.8 Å². The molecule has 3 rings (SSSR count). The number of methoxy groups -OCH3 is 1. The lowest BCUT2D eigenvalue weighted by molar-refractivity contribution is -0.115. The first-order valence-electron chi connectivity index (χ1n) is 8.27. The highest BCUT2D eigenvalue weighted by Gasteiger charge is 2.24. The van der Waals surface area contributed by atoms with E-state index < -0.39 is 0 Å². The van der Waals surface area contributed by atoms with E-state index >= 15 is 0 Å². The lowest BCUT2D eigenvalue weighted by Crippen LogP contribution is -2.19. The van der Waals surface area contributed by atoms with Gasteiger partial charge in [-0.05, 0) is 49.4 Å². The summed E-state index contributed by atoms with van der Waals surface area (Å²) >= 11 is 1.31. The zero-order chi connectivity index (χ0) is 18.5. The molecule has 1 fully saturated rings. The summed E-state index contributed by atoms with van der Waals surface area (Å²) in [5.41, 5.74) is 2.68. The van der Waals surface area contributed by atoms with E-state index in [9.17, 15) is 4.79 Å². The monoisotopic (exact) mass is 368 g/mol. The molecule has 0 saturated carbocycles. The van der Waals surface area contributed by atoms with Crippen molar-refractivity contribution in [2.24, 2.45) is 4.99 Å². The topological polar surface area (TPSA) is 59.9 Å². The van der Waals surface area contributed by atoms with Gasteiger partial charge < -0.3 is 14.8 Å². The molecular weight excluding hydrogens is 348 g/mol. The second-order valence-corrected chi connectivity index (χ2v) is 6.61. The smallest absolute Gasteiger partial charge is 0.264 e. The molecule has 1 N–H and O–H groups in total. The summed E-state index contributed by atoms with van der Waals surface area (Å²) in [6.07, 6.45) is 1.79. The van der Waals surface area contributed by atoms with Gasteiger partial charge in [-0.2, -0.15) is 0 Å². The molecule has 0 atom stereocenters. The normalized spacial score (nSPS) is 16.8. The first kappa shape index (κ1) is 18.1. The first-order chi connectivity index (χ1) is 12.6. The number of hydrogen-bond acceptors (Lipinski definition) is 5. The predicted molar refractivity (Wildman–Crippen MR) is 106 cm³/mol. The number of amides is 1. The molecule has 6 heteroatoms. The Hall–Kier alpha value is -2.73. The molecule has 0 spiro atoms. The third kappa shape index (κ3) is 3.91. The van der Waals surface area contributed by atoms with Crippen molar-refractivity contribution >= 4 is 34.6 Å². The van der Waals surface area contributed by atoms with Crippen LogP contribution in [-0.2, 0) is 4.79 Å². The number of aryl methyl sites for hydroxylation is 1. The Balaban J connectivity index is 1.90. The second-order valence-electron chi connectivity index (χ2n) is 5.58. The van der Waals surface area contributed by atoms with Crippen molar-refractivity contribution in [2.45, 2.75) is 13.8 Å². The number of benzene rings is 2. The number of para-hydroxylation sites is 2. The predicted octanol–water partition coefficient (Wildman–Crippen LogP) is 4.29. The highest BCUT2D eigenvalue weighted by atomic mass is 32.2. The van der Waals surface area contributed by atoms with Crippen LogP contribution in [0, 0.1) is 6.92 Å². The van der Waals surface area contributed by atoms with Crippen LogP contribution in [0.5, 0.6) is 11.5 Å². The van der Waals surface area contributed by atoms with Gasteiger partial charge >= 0.3 is 0 Å². The van der Waals surface area contributed by atoms with Gasteiger partial charge in [0.2, 0.25) is 0 Å². The molecule has 0 aliphatic carbocycles. The molecule has 0 unspecified atom stereocenters. The molecule has 2 aromatic carbocycles. The number of carbonyl (C=O) groups is 1. The lowest BCUT2D eigenvalue weighted by Gasteiger charge is -2.11. The third-order valence-electron chi connectivity index (χ3n) is 3.79. The minimum atomic E-state index is -0.175. The van der Waals surface area contributed by atoms with Crippen LogP contribution >= 0.6 is 11.8 Å². The van der Waals surface area contributed by atoms with Crippen LogP contribution in [0.1, 0.15) is 18.1 Å². The standard InChI is InChI=1S/C20H20N2O3S/c1-4-25-16-11-7-9-14(18(16)24-3)12-17-19(23)22-20(26-17)21-15-10-6-5-8-13(15)2/h5-12H,4H2,1-3H3,(H,21,22,23)/b17-12-. The van der Waals surface area contributed by atoms with Crippen LogP contribution in [0.4, 0.5) is 5.69 Å². The fraction of sp³-hybridized carbons (Fsp3) is 0.200. The van der Waals surface area contributed by atoms with Crippen molar-refractivity contribution in [1.82, 2.24) is 5.32 Å². The first-order valence-corrected chi connectivity index (χ1v) is 9.09. The Morgan fingerprint density at radius 3 is 2.73 bits per heavy atom. The van der Waals surface area contributed by atoms with E-state index in [0.717, 1.165) is 16.8 Å². The maximum atomic E-state index is 12.3. The molecular formula is C20H20N2O3S. The number of hydrogen-bond donors (Lipinski definition) is 1. The molecule has 0 radical (unpaired) electrons. The van der Waals surface area contributed by atoms with Crippen LogP contribution in [0.25, 0.3) is 6.08 Å². The van der Waals surface area contributed by atoms with E-state index in [1.807, 2.05) is 56.3 Å². The number of rotatable bonds is 5. The van der Waals surface area contributed by atoms with Crippen LogP contribution in [0.15, 0.2) is 52.4 Å². The number of thioether (sulfide) groups is 1. The molecule has 0 bridgehead atoms. The minimum Gasteiger partial charge on any atom is -0.492 e. The van der Waals surface area contributed by atoms with Crippen molar-refractivity contribution in [3.05, 3.63) is 58.5 Å². The average molecular weight is 368 g/mol. The molecule has 2 aromatic rings. The third-order valence-corrected chi connectivity index (χ3v) is 4.70. The van der Waals surface area contributed by atoms with E-state index in [1.54, 1.807) is 13.2 Å². The molecule has 1 amide bonds. The quantitative estimate of drug-likeness (QED) is 0.800. The zero-order valence-electron chi connectivity index (χ0n) is 14.9. The summed E-state index contributed by atoms with van der Waals surface area (Å²) in [6.45, 7) is 4.44. The Morgan fingerprint density at radius 2 is 2.00 bits per heavy atom. The van der Waals surface area contributed by atoms with Crippen LogP contribution in [0.3, 0.4) is 0 Å². The van der Waals surface area contributed by atoms with Gasteiger partial charge in [-0.1, -0.05) is 30.3 Å². The summed E-state index contributed by atoms with van der Waals surface area (Å²) in [5, 5.41) is 3.38. The van der Waals surface area contributed by atoms with E-state index in [4.69, 9.17) is 9.47 Å². The summed E-state index contributed by atoms with van der Waals surface area (Å²) in [6, 6.07) is 13.4. The fourth-order valence-electron chi connectivity index (χ4n) is 2.55. The minimum absolute atomic E-state index is 0.175. The highest BCUT2D eigenvalue weighted by Crippen LogP contribution is 2.35. The Labute approximate surface area is 157 Å². The van der Waals surface area contributed by atoms with Gasteiger partial charge in [0.1, 0.15) is 0 Å². The molecule has 1 aliphatic heterocycles. The summed E-state index contributed by atoms with van der Waals surface area (Å²) in [7, 11) is 1.59. The van der Waals surface area contributed by atoms with Crippen molar-refractivity contribution in [3.63, 3.8) is 0 Å². The van der Waals surface area contributed by atoms with Gasteiger partial charge in [0, 0.05) is 5.56 Å². The average Bonchev–Trinajstić information content (AvgIpc) is 2.97. The van der Waals surface area contributed by atoms with E-state index in [0.29, 0.717) is 28.2 Å². The van der Waals surface area contributed by atoms with Crippen molar-refractivity contribution in [1.29, 1.82) is 0 Å². The van der Waals surface area contributed by atoms with Gasteiger partial charge in [-0.3, -0.25) is 4.79 Å². The number of nitrogens with zero attached hydrogens (tertiary/aromatic N) is 1. The molecule has 1 aliphatic rings. The molecule has 1 heterocycles. The van der Waals surface area contributed by atoms with E-state index in [1.165, 1.54) is 11.8 Å². The van der Waals surface area contributed by atoms with Crippen molar-refractivity contribution < 1.29 is 14.3 Å². The Kier molecular flexibility index (Phi) is 5.63. The summed E-state index contributed by atoms with van der Waals surface area (Å²) in [4.78, 5) is 17.4. The maximum Gasteiger partial charge on any atom is 0.264 e. The number of ether oxygens (including phenoxy) is 2. The number of aliphatic imine (C=N–C) groups is 1. The molecule has 134 valence electrons. The molecule has 1 saturated heterocycles. The van der Waals surface area contributed by atoms with Crippen molar-refractivity contribution in [3.8, 4) is 11.5 Å².